The van der Waals surface area contributed by atoms with Gasteiger partial charge in [-0.1, -0.05) is 6.92 Å². The number of likely N-dealkylation sites (tertiary alicyclic amines) is 1. The third-order valence-corrected chi connectivity index (χ3v) is 5.02. The minimum Gasteiger partial charge on any atom is -0.474 e. The van der Waals surface area contributed by atoms with Crippen LogP contribution < -0.4 is 4.74 Å². The summed E-state index contributed by atoms with van der Waals surface area (Å²) in [5.41, 5.74) is 0. The predicted octanol–water partition coefficient (Wildman–Crippen LogP) is 3.38. The number of thiophene rings is 1. The van der Waals surface area contributed by atoms with Crippen LogP contribution in [-0.2, 0) is 6.42 Å². The molecule has 0 unspecified atom stereocenters. The van der Waals surface area contributed by atoms with Crippen LogP contribution in [0.1, 0.15) is 24.6 Å². The number of hydrogen-bond donors (Lipinski definition) is 0. The lowest BCUT2D eigenvalue weighted by Crippen LogP contribution is -2.35. The van der Waals surface area contributed by atoms with E-state index in [0.29, 0.717) is 5.88 Å². The summed E-state index contributed by atoms with van der Waals surface area (Å²) in [4.78, 5) is 13.1. The second-order valence-electron chi connectivity index (χ2n) is 5.20. The van der Waals surface area contributed by atoms with Crippen molar-refractivity contribution in [3.8, 4) is 5.88 Å². The van der Waals surface area contributed by atoms with Crippen molar-refractivity contribution in [2.24, 2.45) is 0 Å². The Morgan fingerprint density at radius 2 is 2.15 bits per heavy atom. The Morgan fingerprint density at radius 1 is 1.40 bits per heavy atom. The fraction of sp³-hybridized carbons (Fsp3) is 0.571. The van der Waals surface area contributed by atoms with E-state index in [9.17, 15) is 0 Å². The van der Waals surface area contributed by atoms with Crippen LogP contribution in [-0.4, -0.2) is 41.1 Å². The minimum atomic E-state index is 0.227. The van der Waals surface area contributed by atoms with Gasteiger partial charge in [0.15, 0.2) is 0 Å². The van der Waals surface area contributed by atoms with Crippen molar-refractivity contribution in [2.75, 3.05) is 20.1 Å². The zero-order valence-corrected chi connectivity index (χ0v) is 13.3. The van der Waals surface area contributed by atoms with Crippen molar-refractivity contribution in [3.63, 3.8) is 0 Å². The third kappa shape index (κ3) is 2.90. The summed E-state index contributed by atoms with van der Waals surface area (Å²) >= 11 is 7.68. The Morgan fingerprint density at radius 3 is 2.85 bits per heavy atom. The van der Waals surface area contributed by atoms with E-state index in [-0.39, 0.29) is 11.4 Å². The number of fused-ring (bicyclic) bond motifs is 1. The average Bonchev–Trinajstić information content (AvgIpc) is 2.84. The highest BCUT2D eigenvalue weighted by Gasteiger charge is 2.20. The van der Waals surface area contributed by atoms with Crippen molar-refractivity contribution < 1.29 is 4.74 Å². The molecule has 1 fully saturated rings. The van der Waals surface area contributed by atoms with E-state index < -0.39 is 0 Å². The van der Waals surface area contributed by atoms with Crippen LogP contribution in [0.15, 0.2) is 6.07 Å². The molecule has 1 saturated heterocycles. The first-order chi connectivity index (χ1) is 9.65. The van der Waals surface area contributed by atoms with Gasteiger partial charge in [0, 0.05) is 18.0 Å². The number of piperidine rings is 1. The van der Waals surface area contributed by atoms with Gasteiger partial charge in [-0.3, -0.25) is 0 Å². The molecule has 4 nitrogen and oxygen atoms in total. The van der Waals surface area contributed by atoms with Crippen LogP contribution in [0.4, 0.5) is 0 Å². The van der Waals surface area contributed by atoms with Gasteiger partial charge >= 0.3 is 0 Å². The second-order valence-corrected chi connectivity index (χ2v) is 6.66. The van der Waals surface area contributed by atoms with Gasteiger partial charge in [-0.2, -0.15) is 4.98 Å². The normalized spacial score (nSPS) is 17.8. The van der Waals surface area contributed by atoms with Crippen molar-refractivity contribution in [1.29, 1.82) is 0 Å². The lowest BCUT2D eigenvalue weighted by molar-refractivity contribution is 0.111. The van der Waals surface area contributed by atoms with E-state index >= 15 is 0 Å². The standard InChI is InChI=1S/C14H18ClN3OS/c1-3-10-8-11-12(16-14(15)17-13(11)20-10)19-9-4-6-18(2)7-5-9/h8-9H,3-7H2,1-2H3. The quantitative estimate of drug-likeness (QED) is 0.815. The number of rotatable bonds is 3. The molecule has 108 valence electrons. The molecule has 1 aliphatic heterocycles. The number of nitrogens with zero attached hydrogens (tertiary/aromatic N) is 3. The fourth-order valence-corrected chi connectivity index (χ4v) is 3.61. The molecule has 0 saturated carbocycles. The summed E-state index contributed by atoms with van der Waals surface area (Å²) in [5, 5.41) is 1.26. The van der Waals surface area contributed by atoms with Gasteiger partial charge in [0.2, 0.25) is 11.2 Å². The van der Waals surface area contributed by atoms with E-state index in [4.69, 9.17) is 16.3 Å². The highest BCUT2D eigenvalue weighted by Crippen LogP contribution is 2.32. The highest BCUT2D eigenvalue weighted by atomic mass is 35.5. The Kier molecular flexibility index (Phi) is 4.10. The molecule has 2 aromatic heterocycles. The predicted molar refractivity (Wildman–Crippen MR) is 83.0 cm³/mol. The first-order valence-electron chi connectivity index (χ1n) is 6.97. The number of aromatic nitrogens is 2. The summed E-state index contributed by atoms with van der Waals surface area (Å²) in [6.45, 7) is 4.27. The number of ether oxygens (including phenoxy) is 1. The fourth-order valence-electron chi connectivity index (χ4n) is 2.45. The number of aryl methyl sites for hydroxylation is 1. The smallest absolute Gasteiger partial charge is 0.227 e. The van der Waals surface area contributed by atoms with Crippen LogP contribution in [0.25, 0.3) is 10.2 Å². The first kappa shape index (κ1) is 14.0. The summed E-state index contributed by atoms with van der Waals surface area (Å²) in [6.07, 6.45) is 3.28. The second kappa shape index (κ2) is 5.84. The molecule has 0 atom stereocenters. The molecule has 0 bridgehead atoms. The van der Waals surface area contributed by atoms with Gasteiger partial charge in [0.05, 0.1) is 5.39 Å². The van der Waals surface area contributed by atoms with Gasteiger partial charge in [0.25, 0.3) is 0 Å². The summed E-state index contributed by atoms with van der Waals surface area (Å²) in [6, 6.07) is 2.13. The monoisotopic (exact) mass is 311 g/mol. The van der Waals surface area contributed by atoms with E-state index in [0.717, 1.165) is 42.6 Å². The third-order valence-electron chi connectivity index (χ3n) is 3.67. The van der Waals surface area contributed by atoms with E-state index in [1.165, 1.54) is 4.88 Å². The molecular weight excluding hydrogens is 294 g/mol. The average molecular weight is 312 g/mol. The van der Waals surface area contributed by atoms with Gasteiger partial charge in [0.1, 0.15) is 10.9 Å². The lowest BCUT2D eigenvalue weighted by atomic mass is 10.1. The molecule has 6 heteroatoms. The Balaban J connectivity index is 1.88. The molecule has 0 spiro atoms. The Hall–Kier alpha value is -0.910. The molecule has 0 aliphatic carbocycles. The topological polar surface area (TPSA) is 38.2 Å². The van der Waals surface area contributed by atoms with E-state index in [1.54, 1.807) is 11.3 Å². The molecule has 0 amide bonds. The largest absolute Gasteiger partial charge is 0.474 e. The van der Waals surface area contributed by atoms with Crippen molar-refractivity contribution >= 4 is 33.2 Å². The van der Waals surface area contributed by atoms with Crippen molar-refractivity contribution in [2.45, 2.75) is 32.3 Å². The molecule has 0 N–H and O–H groups in total. The Bertz CT molecular complexity index is 608. The van der Waals surface area contributed by atoms with Gasteiger partial charge in [-0.25, -0.2) is 4.98 Å². The number of hydrogen-bond acceptors (Lipinski definition) is 5. The zero-order valence-electron chi connectivity index (χ0n) is 11.7. The van der Waals surface area contributed by atoms with E-state index in [1.807, 2.05) is 0 Å². The van der Waals surface area contributed by atoms with Crippen LogP contribution in [0.3, 0.4) is 0 Å². The summed E-state index contributed by atoms with van der Waals surface area (Å²) in [7, 11) is 2.14. The molecule has 1 aliphatic rings. The molecule has 0 aromatic carbocycles. The maximum Gasteiger partial charge on any atom is 0.227 e. The van der Waals surface area contributed by atoms with Crippen LogP contribution in [0.2, 0.25) is 5.28 Å². The number of halogens is 1. The maximum absolute atomic E-state index is 6.10. The maximum atomic E-state index is 6.10. The lowest BCUT2D eigenvalue weighted by Gasteiger charge is -2.29. The molecule has 3 rings (SSSR count). The molecule has 3 heterocycles. The Labute approximate surface area is 127 Å². The van der Waals surface area contributed by atoms with E-state index in [2.05, 4.69) is 34.9 Å². The van der Waals surface area contributed by atoms with Crippen molar-refractivity contribution in [1.82, 2.24) is 14.9 Å². The van der Waals surface area contributed by atoms with Crippen LogP contribution in [0, 0.1) is 0 Å². The van der Waals surface area contributed by atoms with Gasteiger partial charge < -0.3 is 9.64 Å². The molecule has 2 aromatic rings. The summed E-state index contributed by atoms with van der Waals surface area (Å²) in [5.74, 6) is 0.644. The van der Waals surface area contributed by atoms with Gasteiger partial charge in [-0.05, 0) is 44.0 Å². The molecule has 0 radical (unpaired) electrons. The van der Waals surface area contributed by atoms with Crippen LogP contribution in [0.5, 0.6) is 5.88 Å². The van der Waals surface area contributed by atoms with Crippen LogP contribution >= 0.6 is 22.9 Å². The zero-order chi connectivity index (χ0) is 14.1. The van der Waals surface area contributed by atoms with Crippen molar-refractivity contribution in [3.05, 3.63) is 16.2 Å². The first-order valence-corrected chi connectivity index (χ1v) is 8.16. The molecular formula is C14H18ClN3OS. The van der Waals surface area contributed by atoms with Gasteiger partial charge in [-0.15, -0.1) is 11.3 Å². The molecule has 20 heavy (non-hydrogen) atoms. The summed E-state index contributed by atoms with van der Waals surface area (Å²) < 4.78 is 6.10. The highest BCUT2D eigenvalue weighted by molar-refractivity contribution is 7.18. The SMILES string of the molecule is CCc1cc2c(OC3CCN(C)CC3)nc(Cl)nc2s1. The minimum absolute atomic E-state index is 0.227.